The van der Waals surface area contributed by atoms with Gasteiger partial charge in [0, 0.05) is 5.56 Å². The van der Waals surface area contributed by atoms with E-state index in [4.69, 9.17) is 5.84 Å². The molecule has 0 radical (unpaired) electrons. The molecule has 78 valence electrons. The number of hydrazine groups is 1. The Morgan fingerprint density at radius 3 is 2.29 bits per heavy atom. The van der Waals surface area contributed by atoms with Crippen molar-refractivity contribution in [2.75, 3.05) is 0 Å². The van der Waals surface area contributed by atoms with Crippen molar-refractivity contribution in [3.05, 3.63) is 35.4 Å². The third-order valence-corrected chi connectivity index (χ3v) is 1.56. The van der Waals surface area contributed by atoms with E-state index >= 15 is 0 Å². The van der Waals surface area contributed by atoms with Crippen molar-refractivity contribution in [2.24, 2.45) is 5.84 Å². The first-order valence-corrected chi connectivity index (χ1v) is 3.57. The molecular formula is C8H9ClF2N2O. The number of hydrogen-bond donors (Lipinski definition) is 2. The zero-order valence-electron chi connectivity index (χ0n) is 7.09. The highest BCUT2D eigenvalue weighted by Crippen LogP contribution is 2.12. The quantitative estimate of drug-likeness (QED) is 0.444. The lowest BCUT2D eigenvalue weighted by Crippen LogP contribution is -2.31. The van der Waals surface area contributed by atoms with Crippen molar-refractivity contribution in [1.82, 2.24) is 5.43 Å². The van der Waals surface area contributed by atoms with Gasteiger partial charge in [0.05, 0.1) is 6.42 Å². The predicted molar refractivity (Wildman–Crippen MR) is 49.6 cm³/mol. The molecule has 0 heterocycles. The molecule has 0 atom stereocenters. The molecule has 1 rings (SSSR count). The zero-order valence-corrected chi connectivity index (χ0v) is 7.91. The van der Waals surface area contributed by atoms with E-state index in [0.717, 1.165) is 12.1 Å². The van der Waals surface area contributed by atoms with Gasteiger partial charge in [-0.1, -0.05) is 6.07 Å². The predicted octanol–water partition coefficient (Wildman–Crippen LogP) is 0.919. The minimum atomic E-state index is -0.747. The lowest BCUT2D eigenvalue weighted by atomic mass is 10.1. The molecule has 1 aromatic carbocycles. The van der Waals surface area contributed by atoms with Gasteiger partial charge >= 0.3 is 0 Å². The summed E-state index contributed by atoms with van der Waals surface area (Å²) in [5, 5.41) is 0. The second-order valence-corrected chi connectivity index (χ2v) is 2.44. The summed E-state index contributed by atoms with van der Waals surface area (Å²) in [6.45, 7) is 0. The highest BCUT2D eigenvalue weighted by Gasteiger charge is 2.11. The van der Waals surface area contributed by atoms with Gasteiger partial charge in [0.15, 0.2) is 0 Å². The summed E-state index contributed by atoms with van der Waals surface area (Å²) >= 11 is 0. The topological polar surface area (TPSA) is 55.1 Å². The first-order valence-electron chi connectivity index (χ1n) is 3.57. The minimum Gasteiger partial charge on any atom is -0.294 e. The van der Waals surface area contributed by atoms with Crippen LogP contribution in [0.1, 0.15) is 5.56 Å². The second-order valence-electron chi connectivity index (χ2n) is 2.44. The van der Waals surface area contributed by atoms with Crippen molar-refractivity contribution < 1.29 is 13.6 Å². The van der Waals surface area contributed by atoms with Crippen LogP contribution in [0.15, 0.2) is 18.2 Å². The van der Waals surface area contributed by atoms with E-state index in [0.29, 0.717) is 0 Å². The second kappa shape index (κ2) is 5.51. The average molecular weight is 223 g/mol. The molecule has 0 fully saturated rings. The monoisotopic (exact) mass is 222 g/mol. The number of rotatable bonds is 2. The van der Waals surface area contributed by atoms with Gasteiger partial charge in [-0.15, -0.1) is 12.4 Å². The van der Waals surface area contributed by atoms with Gasteiger partial charge in [-0.2, -0.15) is 0 Å². The first kappa shape index (κ1) is 12.8. The van der Waals surface area contributed by atoms with E-state index in [1.807, 2.05) is 0 Å². The molecular weight excluding hydrogens is 214 g/mol. The van der Waals surface area contributed by atoms with Crippen LogP contribution in [0.2, 0.25) is 0 Å². The molecule has 0 saturated carbocycles. The van der Waals surface area contributed by atoms with Crippen molar-refractivity contribution in [3.63, 3.8) is 0 Å². The largest absolute Gasteiger partial charge is 0.294 e. The Bertz CT molecular complexity index is 313. The van der Waals surface area contributed by atoms with Crippen molar-refractivity contribution >= 4 is 18.3 Å². The number of halogens is 3. The van der Waals surface area contributed by atoms with Crippen LogP contribution in [-0.2, 0) is 11.2 Å². The van der Waals surface area contributed by atoms with Crippen LogP contribution in [0, 0.1) is 11.6 Å². The summed E-state index contributed by atoms with van der Waals surface area (Å²) in [5.41, 5.74) is 1.52. The lowest BCUT2D eigenvalue weighted by Gasteiger charge is -2.02. The Morgan fingerprint density at radius 2 is 1.86 bits per heavy atom. The highest BCUT2D eigenvalue weighted by atomic mass is 35.5. The fraction of sp³-hybridized carbons (Fsp3) is 0.125. The Hall–Kier alpha value is -1.20. The fourth-order valence-corrected chi connectivity index (χ4v) is 0.913. The van der Waals surface area contributed by atoms with Gasteiger partial charge in [0.25, 0.3) is 0 Å². The van der Waals surface area contributed by atoms with Crippen molar-refractivity contribution in [2.45, 2.75) is 6.42 Å². The molecule has 0 unspecified atom stereocenters. The molecule has 1 aromatic rings. The Kier molecular flexibility index (Phi) is 5.04. The molecule has 1 amide bonds. The maximum absolute atomic E-state index is 12.9. The standard InChI is InChI=1S/C8H8F2N2O.ClH/c9-6-2-1-3-7(10)5(6)4-8(13)12-11;/h1-3H,4,11H2,(H,12,13);1H. The van der Waals surface area contributed by atoms with Crippen molar-refractivity contribution in [1.29, 1.82) is 0 Å². The van der Waals surface area contributed by atoms with E-state index in [-0.39, 0.29) is 18.0 Å². The van der Waals surface area contributed by atoms with Gasteiger partial charge < -0.3 is 0 Å². The Labute approximate surface area is 85.7 Å². The maximum atomic E-state index is 12.9. The molecule has 3 N–H and O–H groups in total. The van der Waals surface area contributed by atoms with Gasteiger partial charge in [-0.25, -0.2) is 14.6 Å². The summed E-state index contributed by atoms with van der Waals surface area (Å²) in [7, 11) is 0. The van der Waals surface area contributed by atoms with Gasteiger partial charge in [0.2, 0.25) is 5.91 Å². The first-order chi connectivity index (χ1) is 6.15. The number of hydrogen-bond acceptors (Lipinski definition) is 2. The normalized spacial score (nSPS) is 9.07. The van der Waals surface area contributed by atoms with E-state index in [1.54, 1.807) is 5.43 Å². The third-order valence-electron chi connectivity index (χ3n) is 1.56. The molecule has 3 nitrogen and oxygen atoms in total. The zero-order chi connectivity index (χ0) is 9.84. The molecule has 0 aliphatic rings. The third kappa shape index (κ3) is 2.93. The highest BCUT2D eigenvalue weighted by molar-refractivity contribution is 5.85. The summed E-state index contributed by atoms with van der Waals surface area (Å²) in [6, 6.07) is 3.40. The summed E-state index contributed by atoms with van der Waals surface area (Å²) in [4.78, 5) is 10.7. The van der Waals surface area contributed by atoms with Crippen LogP contribution in [0.4, 0.5) is 8.78 Å². The number of carbonyl (C=O) groups excluding carboxylic acids is 1. The number of carbonyl (C=O) groups is 1. The van der Waals surface area contributed by atoms with Gasteiger partial charge in [-0.3, -0.25) is 10.2 Å². The smallest absolute Gasteiger partial charge is 0.238 e. The molecule has 0 bridgehead atoms. The van der Waals surface area contributed by atoms with Crippen molar-refractivity contribution in [3.8, 4) is 0 Å². The molecule has 0 aliphatic heterocycles. The Morgan fingerprint density at radius 1 is 1.36 bits per heavy atom. The summed E-state index contributed by atoms with van der Waals surface area (Å²) in [5.74, 6) is 2.65. The van der Waals surface area contributed by atoms with E-state index in [9.17, 15) is 13.6 Å². The number of nitrogens with two attached hydrogens (primary N) is 1. The average Bonchev–Trinajstić information content (AvgIpc) is 2.11. The van der Waals surface area contributed by atoms with Gasteiger partial charge in [-0.05, 0) is 12.1 Å². The van der Waals surface area contributed by atoms with Crippen LogP contribution < -0.4 is 11.3 Å². The number of amides is 1. The number of nitrogens with one attached hydrogen (secondary N) is 1. The molecule has 6 heteroatoms. The van der Waals surface area contributed by atoms with Crippen LogP contribution in [0.5, 0.6) is 0 Å². The fourth-order valence-electron chi connectivity index (χ4n) is 0.913. The Balaban J connectivity index is 0.00000169. The van der Waals surface area contributed by atoms with Crippen LogP contribution in [0.3, 0.4) is 0 Å². The molecule has 14 heavy (non-hydrogen) atoms. The van der Waals surface area contributed by atoms with Crippen LogP contribution >= 0.6 is 12.4 Å². The van der Waals surface area contributed by atoms with Crippen LogP contribution in [0.25, 0.3) is 0 Å². The van der Waals surface area contributed by atoms with E-state index in [1.165, 1.54) is 6.07 Å². The lowest BCUT2D eigenvalue weighted by molar-refractivity contribution is -0.120. The van der Waals surface area contributed by atoms with Gasteiger partial charge in [0.1, 0.15) is 11.6 Å². The molecule has 0 aromatic heterocycles. The molecule has 0 aliphatic carbocycles. The van der Waals surface area contributed by atoms with E-state index in [2.05, 4.69) is 0 Å². The molecule has 0 saturated heterocycles. The summed E-state index contributed by atoms with van der Waals surface area (Å²) in [6.07, 6.45) is -0.394. The maximum Gasteiger partial charge on any atom is 0.238 e. The van der Waals surface area contributed by atoms with Crippen LogP contribution in [-0.4, -0.2) is 5.91 Å². The molecule has 0 spiro atoms. The summed E-state index contributed by atoms with van der Waals surface area (Å²) < 4.78 is 25.8. The number of benzene rings is 1. The van der Waals surface area contributed by atoms with E-state index < -0.39 is 24.0 Å². The SMILES string of the molecule is Cl.NNC(=O)Cc1c(F)cccc1F. The minimum absolute atomic E-state index is 0.